The second-order valence-corrected chi connectivity index (χ2v) is 5.84. The Bertz CT molecular complexity index is 963. The van der Waals surface area contributed by atoms with E-state index in [1.54, 1.807) is 16.2 Å². The van der Waals surface area contributed by atoms with E-state index in [9.17, 15) is 4.79 Å². The number of para-hydroxylation sites is 2. The molecule has 0 spiro atoms. The van der Waals surface area contributed by atoms with Crippen molar-refractivity contribution in [1.82, 2.24) is 14.0 Å². The molecule has 2 heterocycles. The van der Waals surface area contributed by atoms with E-state index in [4.69, 9.17) is 0 Å². The van der Waals surface area contributed by atoms with Crippen LogP contribution in [0.1, 0.15) is 5.56 Å². The number of nitrogens with zero attached hydrogens (tertiary/aromatic N) is 4. The summed E-state index contributed by atoms with van der Waals surface area (Å²) in [5, 5.41) is 0. The molecular weight excluding hydrogens is 288 g/mol. The molecule has 0 saturated heterocycles. The third kappa shape index (κ3) is 2.08. The predicted molar refractivity (Wildman–Crippen MR) is 92.6 cm³/mol. The summed E-state index contributed by atoms with van der Waals surface area (Å²) in [5.41, 5.74) is 3.78. The number of aryl methyl sites for hydroxylation is 1. The number of likely N-dealkylation sites (N-methyl/N-ethyl adjacent to an activating group) is 1. The first kappa shape index (κ1) is 13.8. The van der Waals surface area contributed by atoms with Crippen molar-refractivity contribution in [1.29, 1.82) is 0 Å². The van der Waals surface area contributed by atoms with Gasteiger partial charge in [-0.2, -0.15) is 0 Å². The second kappa shape index (κ2) is 5.12. The predicted octanol–water partition coefficient (Wildman–Crippen LogP) is 2.02. The maximum atomic E-state index is 12.6. The Morgan fingerprint density at radius 1 is 0.957 bits per heavy atom. The summed E-state index contributed by atoms with van der Waals surface area (Å²) in [7, 11) is 3.85. The molecule has 1 aromatic heterocycles. The topological polar surface area (TPSA) is 42.5 Å². The van der Waals surface area contributed by atoms with Gasteiger partial charge in [0.15, 0.2) is 0 Å². The van der Waals surface area contributed by atoms with Crippen LogP contribution < -0.4 is 5.69 Å². The van der Waals surface area contributed by atoms with Crippen LogP contribution in [0.3, 0.4) is 0 Å². The van der Waals surface area contributed by atoms with Crippen LogP contribution in [0.25, 0.3) is 16.7 Å². The molecule has 5 heteroatoms. The van der Waals surface area contributed by atoms with Crippen molar-refractivity contribution in [3.63, 3.8) is 0 Å². The summed E-state index contributed by atoms with van der Waals surface area (Å²) in [5.74, 6) is 1.02. The molecule has 0 N–H and O–H groups in total. The highest BCUT2D eigenvalue weighted by Crippen LogP contribution is 2.18. The van der Waals surface area contributed by atoms with E-state index in [-0.39, 0.29) is 5.69 Å². The van der Waals surface area contributed by atoms with Gasteiger partial charge in [0, 0.05) is 26.2 Å². The van der Waals surface area contributed by atoms with Crippen LogP contribution in [-0.4, -0.2) is 40.0 Å². The highest BCUT2D eigenvalue weighted by atomic mass is 16.1. The molecule has 0 saturated carbocycles. The zero-order chi connectivity index (χ0) is 16.0. The van der Waals surface area contributed by atoms with Gasteiger partial charge in [-0.1, -0.05) is 12.1 Å². The molecular formula is C18H18N4O. The fourth-order valence-corrected chi connectivity index (χ4v) is 3.15. The molecule has 4 rings (SSSR count). The number of hydrogen-bond donors (Lipinski definition) is 0. The van der Waals surface area contributed by atoms with Crippen LogP contribution in [0.15, 0.2) is 58.3 Å². The largest absolute Gasteiger partial charge is 0.358 e. The molecule has 1 aliphatic rings. The van der Waals surface area contributed by atoms with Crippen LogP contribution >= 0.6 is 0 Å². The number of amidine groups is 1. The molecule has 0 unspecified atom stereocenters. The Morgan fingerprint density at radius 2 is 1.65 bits per heavy atom. The Balaban J connectivity index is 1.83. The van der Waals surface area contributed by atoms with E-state index in [2.05, 4.69) is 16.9 Å². The molecule has 0 atom stereocenters. The van der Waals surface area contributed by atoms with Gasteiger partial charge < -0.3 is 4.90 Å². The first-order valence-corrected chi connectivity index (χ1v) is 7.69. The van der Waals surface area contributed by atoms with Gasteiger partial charge in [-0.3, -0.25) is 14.1 Å². The first-order chi connectivity index (χ1) is 11.2. The van der Waals surface area contributed by atoms with Crippen LogP contribution in [-0.2, 0) is 7.05 Å². The van der Waals surface area contributed by atoms with E-state index < -0.39 is 0 Å². The second-order valence-electron chi connectivity index (χ2n) is 5.84. The van der Waals surface area contributed by atoms with Crippen molar-refractivity contribution in [2.45, 2.75) is 0 Å². The van der Waals surface area contributed by atoms with Crippen LogP contribution in [0, 0.1) is 0 Å². The normalized spacial score (nSPS) is 14.5. The summed E-state index contributed by atoms with van der Waals surface area (Å²) >= 11 is 0. The summed E-state index contributed by atoms with van der Waals surface area (Å²) in [6, 6.07) is 15.9. The first-order valence-electron chi connectivity index (χ1n) is 7.69. The molecule has 3 aromatic rings. The third-order valence-electron chi connectivity index (χ3n) is 4.40. The Morgan fingerprint density at radius 3 is 2.30 bits per heavy atom. The maximum Gasteiger partial charge on any atom is 0.333 e. The standard InChI is InChI=1S/C18H18N4O/c1-20-12-11-19-17(20)13-7-9-14(10-8-13)22-16-6-4-3-5-15(16)21(2)18(22)23/h3-10H,11-12H2,1-2H3. The monoisotopic (exact) mass is 306 g/mol. The van der Waals surface area contributed by atoms with Crippen molar-refractivity contribution < 1.29 is 0 Å². The van der Waals surface area contributed by atoms with Crippen molar-refractivity contribution in [2.75, 3.05) is 20.1 Å². The number of benzene rings is 2. The van der Waals surface area contributed by atoms with Gasteiger partial charge >= 0.3 is 5.69 Å². The Labute approximate surface area is 134 Å². The van der Waals surface area contributed by atoms with Crippen molar-refractivity contribution >= 4 is 16.9 Å². The summed E-state index contributed by atoms with van der Waals surface area (Å²) < 4.78 is 3.43. The average Bonchev–Trinajstić information content (AvgIpc) is 3.11. The lowest BCUT2D eigenvalue weighted by Crippen LogP contribution is -2.23. The van der Waals surface area contributed by atoms with Crippen LogP contribution in [0.4, 0.5) is 0 Å². The fourth-order valence-electron chi connectivity index (χ4n) is 3.15. The lowest BCUT2D eigenvalue weighted by atomic mass is 10.1. The number of imidazole rings is 1. The minimum absolute atomic E-state index is 0.0331. The fraction of sp³-hybridized carbons (Fsp3) is 0.222. The zero-order valence-electron chi connectivity index (χ0n) is 13.2. The maximum absolute atomic E-state index is 12.6. The molecule has 23 heavy (non-hydrogen) atoms. The third-order valence-corrected chi connectivity index (χ3v) is 4.40. The number of rotatable bonds is 2. The lowest BCUT2D eigenvalue weighted by Gasteiger charge is -2.14. The molecule has 0 bridgehead atoms. The summed E-state index contributed by atoms with van der Waals surface area (Å²) in [6.07, 6.45) is 0. The van der Waals surface area contributed by atoms with Gasteiger partial charge in [-0.25, -0.2) is 4.79 Å². The Hall–Kier alpha value is -2.82. The van der Waals surface area contributed by atoms with Gasteiger partial charge in [0.25, 0.3) is 0 Å². The minimum Gasteiger partial charge on any atom is -0.358 e. The summed E-state index contributed by atoms with van der Waals surface area (Å²) in [4.78, 5) is 19.3. The van der Waals surface area contributed by atoms with Crippen molar-refractivity contribution in [2.24, 2.45) is 12.0 Å². The van der Waals surface area contributed by atoms with E-state index in [1.807, 2.05) is 48.5 Å². The highest BCUT2D eigenvalue weighted by Gasteiger charge is 2.15. The van der Waals surface area contributed by atoms with Gasteiger partial charge in [0.2, 0.25) is 0 Å². The van der Waals surface area contributed by atoms with Gasteiger partial charge in [-0.05, 0) is 36.4 Å². The average molecular weight is 306 g/mol. The molecule has 5 nitrogen and oxygen atoms in total. The Kier molecular flexibility index (Phi) is 3.08. The molecule has 1 aliphatic heterocycles. The van der Waals surface area contributed by atoms with Gasteiger partial charge in [0.05, 0.1) is 23.3 Å². The summed E-state index contributed by atoms with van der Waals surface area (Å²) in [6.45, 7) is 1.80. The van der Waals surface area contributed by atoms with Gasteiger partial charge in [-0.15, -0.1) is 0 Å². The molecule has 0 radical (unpaired) electrons. The number of hydrogen-bond acceptors (Lipinski definition) is 3. The number of aliphatic imine (C=N–C) groups is 1. The quantitative estimate of drug-likeness (QED) is 0.727. The van der Waals surface area contributed by atoms with Crippen molar-refractivity contribution in [3.8, 4) is 5.69 Å². The van der Waals surface area contributed by atoms with Crippen LogP contribution in [0.5, 0.6) is 0 Å². The van der Waals surface area contributed by atoms with E-state index in [1.165, 1.54) is 0 Å². The number of aromatic nitrogens is 2. The SMILES string of the molecule is CN1CCN=C1c1ccc(-n2c(=O)n(C)c3ccccc32)cc1. The minimum atomic E-state index is -0.0331. The highest BCUT2D eigenvalue weighted by molar-refractivity contribution is 5.99. The van der Waals surface area contributed by atoms with E-state index in [0.717, 1.165) is 41.2 Å². The molecule has 0 amide bonds. The number of fused-ring (bicyclic) bond motifs is 1. The zero-order valence-corrected chi connectivity index (χ0v) is 13.2. The molecule has 116 valence electrons. The van der Waals surface area contributed by atoms with E-state index in [0.29, 0.717) is 0 Å². The smallest absolute Gasteiger partial charge is 0.333 e. The lowest BCUT2D eigenvalue weighted by molar-refractivity contribution is 0.557. The van der Waals surface area contributed by atoms with E-state index >= 15 is 0 Å². The van der Waals surface area contributed by atoms with Crippen LogP contribution in [0.2, 0.25) is 0 Å². The molecule has 0 fully saturated rings. The van der Waals surface area contributed by atoms with Crippen molar-refractivity contribution in [3.05, 3.63) is 64.6 Å². The van der Waals surface area contributed by atoms with Gasteiger partial charge in [0.1, 0.15) is 5.84 Å². The molecule has 0 aliphatic carbocycles. The molecule has 2 aromatic carbocycles.